The van der Waals surface area contributed by atoms with Gasteiger partial charge in [0.15, 0.2) is 0 Å². The molecule has 18 heavy (non-hydrogen) atoms. The number of benzene rings is 1. The predicted octanol–water partition coefficient (Wildman–Crippen LogP) is 3.36. The van der Waals surface area contributed by atoms with Crippen LogP contribution in [0.15, 0.2) is 22.7 Å². The van der Waals surface area contributed by atoms with Crippen molar-refractivity contribution in [2.24, 2.45) is 0 Å². The zero-order chi connectivity index (χ0) is 13.1. The lowest BCUT2D eigenvalue weighted by Crippen LogP contribution is -1.98. The van der Waals surface area contributed by atoms with Crippen LogP contribution in [0.2, 0.25) is 5.02 Å². The Kier molecular flexibility index (Phi) is 3.93. The van der Waals surface area contributed by atoms with E-state index in [2.05, 4.69) is 10.1 Å². The van der Waals surface area contributed by atoms with Gasteiger partial charge in [0, 0.05) is 5.02 Å². The van der Waals surface area contributed by atoms with E-state index in [1.807, 2.05) is 6.92 Å². The molecule has 0 aliphatic carbocycles. The number of halogens is 2. The SMILES string of the molecule is CCCC(O)c1noc(-c2cc(Cl)ccc2F)n1. The van der Waals surface area contributed by atoms with Crippen molar-refractivity contribution in [3.05, 3.63) is 34.9 Å². The van der Waals surface area contributed by atoms with E-state index >= 15 is 0 Å². The normalized spacial score (nSPS) is 12.7. The fraction of sp³-hybridized carbons (Fsp3) is 0.333. The summed E-state index contributed by atoms with van der Waals surface area (Å²) in [4.78, 5) is 3.97. The first kappa shape index (κ1) is 13.0. The van der Waals surface area contributed by atoms with Crippen molar-refractivity contribution in [3.63, 3.8) is 0 Å². The number of rotatable bonds is 4. The van der Waals surface area contributed by atoms with E-state index in [1.54, 1.807) is 0 Å². The third kappa shape index (κ3) is 2.68. The zero-order valence-corrected chi connectivity index (χ0v) is 10.5. The Hall–Kier alpha value is -1.46. The van der Waals surface area contributed by atoms with Crippen LogP contribution in [-0.4, -0.2) is 15.2 Å². The van der Waals surface area contributed by atoms with Gasteiger partial charge in [-0.1, -0.05) is 30.1 Å². The minimum atomic E-state index is -0.797. The van der Waals surface area contributed by atoms with Gasteiger partial charge in [-0.15, -0.1) is 0 Å². The molecule has 2 rings (SSSR count). The molecule has 96 valence electrons. The Balaban J connectivity index is 2.32. The number of nitrogens with zero attached hydrogens (tertiary/aromatic N) is 2. The maximum absolute atomic E-state index is 13.6. The van der Waals surface area contributed by atoms with Gasteiger partial charge in [0.05, 0.1) is 5.56 Å². The number of aliphatic hydroxyl groups excluding tert-OH is 1. The summed E-state index contributed by atoms with van der Waals surface area (Å²) in [6.45, 7) is 1.93. The molecule has 1 aromatic carbocycles. The Labute approximate surface area is 108 Å². The summed E-state index contributed by atoms with van der Waals surface area (Å²) in [5.74, 6) is -0.328. The van der Waals surface area contributed by atoms with Crippen LogP contribution in [0.25, 0.3) is 11.5 Å². The third-order valence-electron chi connectivity index (χ3n) is 2.46. The van der Waals surface area contributed by atoms with Gasteiger partial charge in [-0.3, -0.25) is 0 Å². The Bertz CT molecular complexity index is 545. The smallest absolute Gasteiger partial charge is 0.261 e. The van der Waals surface area contributed by atoms with Crippen molar-refractivity contribution in [2.45, 2.75) is 25.9 Å². The third-order valence-corrected chi connectivity index (χ3v) is 2.70. The summed E-state index contributed by atoms with van der Waals surface area (Å²) >= 11 is 5.78. The van der Waals surface area contributed by atoms with E-state index in [0.717, 1.165) is 6.42 Å². The molecule has 2 aromatic rings. The van der Waals surface area contributed by atoms with Crippen LogP contribution in [0.5, 0.6) is 0 Å². The molecular formula is C12H12ClFN2O2. The molecule has 6 heteroatoms. The van der Waals surface area contributed by atoms with Crippen LogP contribution in [-0.2, 0) is 0 Å². The van der Waals surface area contributed by atoms with Crippen LogP contribution in [0.4, 0.5) is 4.39 Å². The average molecular weight is 271 g/mol. The maximum Gasteiger partial charge on any atom is 0.261 e. The van der Waals surface area contributed by atoms with E-state index in [-0.39, 0.29) is 17.3 Å². The minimum absolute atomic E-state index is 0.0140. The monoisotopic (exact) mass is 270 g/mol. The number of hydrogen-bond acceptors (Lipinski definition) is 4. The molecule has 0 saturated heterocycles. The molecule has 0 radical (unpaired) electrons. The van der Waals surface area contributed by atoms with E-state index in [1.165, 1.54) is 18.2 Å². The molecule has 0 aliphatic heterocycles. The molecule has 0 spiro atoms. The molecule has 1 heterocycles. The molecule has 0 fully saturated rings. The van der Waals surface area contributed by atoms with E-state index in [0.29, 0.717) is 11.4 Å². The highest BCUT2D eigenvalue weighted by Crippen LogP contribution is 2.26. The second kappa shape index (κ2) is 5.46. The maximum atomic E-state index is 13.6. The van der Waals surface area contributed by atoms with Crippen molar-refractivity contribution in [3.8, 4) is 11.5 Å². The standard InChI is InChI=1S/C12H12ClFN2O2/c1-2-3-10(17)11-15-12(18-16-11)8-6-7(13)4-5-9(8)14/h4-6,10,17H,2-3H2,1H3. The predicted molar refractivity (Wildman–Crippen MR) is 64.6 cm³/mol. The number of aliphatic hydroxyl groups is 1. The van der Waals surface area contributed by atoms with Gasteiger partial charge < -0.3 is 9.63 Å². The summed E-state index contributed by atoms with van der Waals surface area (Å²) in [6, 6.07) is 4.06. The topological polar surface area (TPSA) is 59.2 Å². The van der Waals surface area contributed by atoms with Crippen molar-refractivity contribution in [2.75, 3.05) is 0 Å². The van der Waals surface area contributed by atoms with Crippen molar-refractivity contribution >= 4 is 11.6 Å². The van der Waals surface area contributed by atoms with Gasteiger partial charge in [-0.05, 0) is 24.6 Å². The Morgan fingerprint density at radius 3 is 3.00 bits per heavy atom. The van der Waals surface area contributed by atoms with Gasteiger partial charge in [-0.25, -0.2) is 4.39 Å². The minimum Gasteiger partial charge on any atom is -0.385 e. The van der Waals surface area contributed by atoms with Gasteiger partial charge in [-0.2, -0.15) is 4.98 Å². The van der Waals surface area contributed by atoms with Crippen LogP contribution in [0.1, 0.15) is 31.7 Å². The molecule has 0 amide bonds. The fourth-order valence-corrected chi connectivity index (χ4v) is 1.72. The largest absolute Gasteiger partial charge is 0.385 e. The second-order valence-corrected chi connectivity index (χ2v) is 4.32. The Morgan fingerprint density at radius 2 is 2.28 bits per heavy atom. The zero-order valence-electron chi connectivity index (χ0n) is 9.73. The van der Waals surface area contributed by atoms with Crippen LogP contribution in [0, 0.1) is 5.82 Å². The molecule has 0 aliphatic rings. The summed E-state index contributed by atoms with van der Waals surface area (Å²) in [6.07, 6.45) is 0.517. The molecule has 0 bridgehead atoms. The summed E-state index contributed by atoms with van der Waals surface area (Å²) in [7, 11) is 0. The van der Waals surface area contributed by atoms with E-state index < -0.39 is 11.9 Å². The van der Waals surface area contributed by atoms with Crippen molar-refractivity contribution < 1.29 is 14.0 Å². The first-order chi connectivity index (χ1) is 8.61. The highest BCUT2D eigenvalue weighted by atomic mass is 35.5. The lowest BCUT2D eigenvalue weighted by molar-refractivity contribution is 0.153. The van der Waals surface area contributed by atoms with Gasteiger partial charge in [0.1, 0.15) is 11.9 Å². The fourth-order valence-electron chi connectivity index (χ4n) is 1.54. The average Bonchev–Trinajstić information content (AvgIpc) is 2.82. The summed E-state index contributed by atoms with van der Waals surface area (Å²) < 4.78 is 18.5. The lowest BCUT2D eigenvalue weighted by atomic mass is 10.2. The van der Waals surface area contributed by atoms with Crippen molar-refractivity contribution in [1.29, 1.82) is 0 Å². The van der Waals surface area contributed by atoms with Gasteiger partial charge in [0.25, 0.3) is 5.89 Å². The van der Waals surface area contributed by atoms with E-state index in [9.17, 15) is 9.50 Å². The highest BCUT2D eigenvalue weighted by molar-refractivity contribution is 6.30. The molecule has 4 nitrogen and oxygen atoms in total. The molecule has 1 aromatic heterocycles. The van der Waals surface area contributed by atoms with Crippen molar-refractivity contribution in [1.82, 2.24) is 10.1 Å². The van der Waals surface area contributed by atoms with Gasteiger partial charge in [0.2, 0.25) is 5.82 Å². The summed E-state index contributed by atoms with van der Waals surface area (Å²) in [5.41, 5.74) is 0.130. The molecule has 0 saturated carbocycles. The van der Waals surface area contributed by atoms with Gasteiger partial charge >= 0.3 is 0 Å². The molecule has 1 unspecified atom stereocenters. The first-order valence-corrected chi connectivity index (χ1v) is 5.96. The highest BCUT2D eigenvalue weighted by Gasteiger charge is 2.18. The number of aromatic nitrogens is 2. The molecule has 1 N–H and O–H groups in total. The molecule has 1 atom stereocenters. The van der Waals surface area contributed by atoms with Crippen LogP contribution < -0.4 is 0 Å². The summed E-state index contributed by atoms with van der Waals surface area (Å²) in [5, 5.41) is 13.7. The first-order valence-electron chi connectivity index (χ1n) is 5.59. The number of hydrogen-bond donors (Lipinski definition) is 1. The van der Waals surface area contributed by atoms with Crippen LogP contribution >= 0.6 is 11.6 Å². The van der Waals surface area contributed by atoms with Crippen LogP contribution in [0.3, 0.4) is 0 Å². The lowest BCUT2D eigenvalue weighted by Gasteiger charge is -2.01. The Morgan fingerprint density at radius 1 is 1.50 bits per heavy atom. The quantitative estimate of drug-likeness (QED) is 0.925. The second-order valence-electron chi connectivity index (χ2n) is 3.89. The van der Waals surface area contributed by atoms with E-state index in [4.69, 9.17) is 16.1 Å². The molecular weight excluding hydrogens is 259 g/mol.